The van der Waals surface area contributed by atoms with Crippen molar-refractivity contribution in [1.82, 2.24) is 5.32 Å². The minimum Gasteiger partial charge on any atom is -0.311 e. The minimum atomic E-state index is 0.502. The zero-order valence-corrected chi connectivity index (χ0v) is 12.2. The van der Waals surface area contributed by atoms with Gasteiger partial charge in [0.2, 0.25) is 0 Å². The largest absolute Gasteiger partial charge is 0.311 e. The molecule has 0 heterocycles. The van der Waals surface area contributed by atoms with E-state index in [-0.39, 0.29) is 0 Å². The van der Waals surface area contributed by atoms with Gasteiger partial charge in [0.25, 0.3) is 0 Å². The molecular formula is C16H24ClN. The lowest BCUT2D eigenvalue weighted by molar-refractivity contribution is 0.355. The molecule has 0 bridgehead atoms. The van der Waals surface area contributed by atoms with Crippen LogP contribution in [0, 0.1) is 5.92 Å². The fraction of sp³-hybridized carbons (Fsp3) is 0.625. The molecule has 2 rings (SSSR count). The molecule has 1 N–H and O–H groups in total. The Morgan fingerprint density at radius 1 is 1.33 bits per heavy atom. The van der Waals surface area contributed by atoms with E-state index in [1.54, 1.807) is 0 Å². The first-order valence-corrected chi connectivity index (χ1v) is 7.58. The highest BCUT2D eigenvalue weighted by Gasteiger charge is 2.26. The van der Waals surface area contributed by atoms with Crippen molar-refractivity contribution in [3.05, 3.63) is 34.9 Å². The van der Waals surface area contributed by atoms with Crippen LogP contribution in [0.2, 0.25) is 5.02 Å². The zero-order valence-electron chi connectivity index (χ0n) is 11.5. The molecule has 18 heavy (non-hydrogen) atoms. The van der Waals surface area contributed by atoms with Crippen LogP contribution in [-0.2, 0) is 6.42 Å². The van der Waals surface area contributed by atoms with E-state index < -0.39 is 0 Å². The third kappa shape index (κ3) is 3.49. The molecular weight excluding hydrogens is 242 g/mol. The van der Waals surface area contributed by atoms with Gasteiger partial charge in [-0.1, -0.05) is 49.6 Å². The van der Waals surface area contributed by atoms with Crippen LogP contribution >= 0.6 is 11.6 Å². The fourth-order valence-electron chi connectivity index (χ4n) is 3.16. The van der Waals surface area contributed by atoms with E-state index in [4.69, 9.17) is 11.6 Å². The van der Waals surface area contributed by atoms with Gasteiger partial charge in [-0.25, -0.2) is 0 Å². The molecule has 1 fully saturated rings. The first kappa shape index (κ1) is 13.9. The van der Waals surface area contributed by atoms with Crippen molar-refractivity contribution in [2.75, 3.05) is 0 Å². The molecule has 1 saturated carbocycles. The molecule has 0 amide bonds. The summed E-state index contributed by atoms with van der Waals surface area (Å²) in [6.45, 7) is 4.58. The zero-order chi connectivity index (χ0) is 13.0. The van der Waals surface area contributed by atoms with Crippen LogP contribution in [0.3, 0.4) is 0 Å². The summed E-state index contributed by atoms with van der Waals surface area (Å²) in [5, 5.41) is 4.69. The van der Waals surface area contributed by atoms with Gasteiger partial charge in [0.15, 0.2) is 0 Å². The van der Waals surface area contributed by atoms with Gasteiger partial charge in [-0.15, -0.1) is 0 Å². The van der Waals surface area contributed by atoms with Crippen molar-refractivity contribution >= 4 is 11.6 Å². The smallest absolute Gasteiger partial charge is 0.0438 e. The second-order valence-corrected chi connectivity index (χ2v) is 5.98. The molecule has 0 saturated heterocycles. The summed E-state index contributed by atoms with van der Waals surface area (Å²) in [6, 6.07) is 9.39. The van der Waals surface area contributed by atoms with Crippen LogP contribution in [0.5, 0.6) is 0 Å². The van der Waals surface area contributed by atoms with Gasteiger partial charge < -0.3 is 5.32 Å². The van der Waals surface area contributed by atoms with E-state index in [1.165, 1.54) is 31.2 Å². The third-order valence-electron chi connectivity index (χ3n) is 4.17. The van der Waals surface area contributed by atoms with E-state index in [1.807, 2.05) is 12.1 Å². The van der Waals surface area contributed by atoms with Crippen molar-refractivity contribution in [3.63, 3.8) is 0 Å². The second-order valence-electron chi connectivity index (χ2n) is 5.57. The molecule has 1 aliphatic carbocycles. The molecule has 3 unspecified atom stereocenters. The Balaban J connectivity index is 1.89. The highest BCUT2D eigenvalue weighted by molar-refractivity contribution is 6.31. The Labute approximate surface area is 116 Å². The molecule has 1 aromatic carbocycles. The molecule has 0 radical (unpaired) electrons. The van der Waals surface area contributed by atoms with Crippen molar-refractivity contribution in [1.29, 1.82) is 0 Å². The van der Waals surface area contributed by atoms with Gasteiger partial charge in [0.05, 0.1) is 0 Å². The lowest BCUT2D eigenvalue weighted by atomic mass is 9.98. The van der Waals surface area contributed by atoms with Crippen LogP contribution in [-0.4, -0.2) is 12.1 Å². The normalized spacial score (nSPS) is 25.3. The first-order valence-electron chi connectivity index (χ1n) is 7.20. The first-order chi connectivity index (χ1) is 8.70. The summed E-state index contributed by atoms with van der Waals surface area (Å²) in [4.78, 5) is 0. The SMILES string of the molecule is CCC1CCCC1NC(C)Cc1ccccc1Cl. The van der Waals surface area contributed by atoms with Crippen LogP contribution in [0.25, 0.3) is 0 Å². The van der Waals surface area contributed by atoms with Gasteiger partial charge in [-0.3, -0.25) is 0 Å². The van der Waals surface area contributed by atoms with Crippen LogP contribution < -0.4 is 5.32 Å². The summed E-state index contributed by atoms with van der Waals surface area (Å²) in [5.41, 5.74) is 1.25. The second kappa shape index (κ2) is 6.58. The summed E-state index contributed by atoms with van der Waals surface area (Å²) >= 11 is 6.21. The Morgan fingerprint density at radius 3 is 2.83 bits per heavy atom. The van der Waals surface area contributed by atoms with Gasteiger partial charge in [0.1, 0.15) is 0 Å². The van der Waals surface area contributed by atoms with E-state index in [0.717, 1.165) is 17.4 Å². The maximum absolute atomic E-state index is 6.21. The minimum absolute atomic E-state index is 0.502. The Bertz CT molecular complexity index is 377. The average Bonchev–Trinajstić information content (AvgIpc) is 2.79. The lowest BCUT2D eigenvalue weighted by Gasteiger charge is -2.24. The van der Waals surface area contributed by atoms with Crippen molar-refractivity contribution in [3.8, 4) is 0 Å². The van der Waals surface area contributed by atoms with Crippen molar-refractivity contribution in [2.24, 2.45) is 5.92 Å². The van der Waals surface area contributed by atoms with E-state index in [0.29, 0.717) is 12.1 Å². The summed E-state index contributed by atoms with van der Waals surface area (Å²) < 4.78 is 0. The van der Waals surface area contributed by atoms with E-state index in [2.05, 4.69) is 31.3 Å². The molecule has 0 aromatic heterocycles. The number of hydrogen-bond acceptors (Lipinski definition) is 1. The van der Waals surface area contributed by atoms with Gasteiger partial charge in [-0.05, 0) is 43.7 Å². The van der Waals surface area contributed by atoms with Gasteiger partial charge in [0, 0.05) is 17.1 Å². The maximum atomic E-state index is 6.21. The summed E-state index contributed by atoms with van der Waals surface area (Å²) in [7, 11) is 0. The quantitative estimate of drug-likeness (QED) is 0.830. The molecule has 0 aliphatic heterocycles. The lowest BCUT2D eigenvalue weighted by Crippen LogP contribution is -2.39. The summed E-state index contributed by atoms with van der Waals surface area (Å²) in [5.74, 6) is 0.874. The number of nitrogens with one attached hydrogen (secondary N) is 1. The van der Waals surface area contributed by atoms with Crippen LogP contribution in [0.4, 0.5) is 0 Å². The number of rotatable bonds is 5. The highest BCUT2D eigenvalue weighted by atomic mass is 35.5. The Hall–Kier alpha value is -0.530. The Morgan fingerprint density at radius 2 is 2.11 bits per heavy atom. The number of hydrogen-bond donors (Lipinski definition) is 1. The van der Waals surface area contributed by atoms with Gasteiger partial charge in [-0.2, -0.15) is 0 Å². The maximum Gasteiger partial charge on any atom is 0.0438 e. The number of benzene rings is 1. The van der Waals surface area contributed by atoms with Crippen LogP contribution in [0.1, 0.15) is 45.1 Å². The molecule has 1 nitrogen and oxygen atoms in total. The van der Waals surface area contributed by atoms with Crippen molar-refractivity contribution in [2.45, 2.75) is 58.0 Å². The number of halogens is 1. The van der Waals surface area contributed by atoms with E-state index in [9.17, 15) is 0 Å². The molecule has 3 atom stereocenters. The van der Waals surface area contributed by atoms with Crippen LogP contribution in [0.15, 0.2) is 24.3 Å². The topological polar surface area (TPSA) is 12.0 Å². The highest BCUT2D eigenvalue weighted by Crippen LogP contribution is 2.28. The predicted molar refractivity (Wildman–Crippen MR) is 79.2 cm³/mol. The third-order valence-corrected chi connectivity index (χ3v) is 4.53. The predicted octanol–water partition coefficient (Wildman–Crippen LogP) is 4.44. The standard InChI is InChI=1S/C16H24ClN/c1-3-13-8-6-10-16(13)18-12(2)11-14-7-4-5-9-15(14)17/h4-5,7,9,12-13,16,18H,3,6,8,10-11H2,1-2H3. The monoisotopic (exact) mass is 265 g/mol. The summed E-state index contributed by atoms with van der Waals surface area (Å²) in [6.07, 6.45) is 6.44. The molecule has 1 aromatic rings. The van der Waals surface area contributed by atoms with Gasteiger partial charge >= 0.3 is 0 Å². The fourth-order valence-corrected chi connectivity index (χ4v) is 3.38. The molecule has 100 valence electrons. The molecule has 2 heteroatoms. The Kier molecular flexibility index (Phi) is 5.08. The van der Waals surface area contributed by atoms with Crippen molar-refractivity contribution < 1.29 is 0 Å². The molecule has 1 aliphatic rings. The average molecular weight is 266 g/mol. The molecule has 0 spiro atoms. The van der Waals surface area contributed by atoms with E-state index >= 15 is 0 Å².